The van der Waals surface area contributed by atoms with Crippen molar-refractivity contribution in [3.05, 3.63) is 58.0 Å². The van der Waals surface area contributed by atoms with Gasteiger partial charge in [0.15, 0.2) is 0 Å². The Morgan fingerprint density at radius 3 is 2.75 bits per heavy atom. The standard InChI is InChI=1S/C17H19FN2O3S/c18-14-7-5-12(6-8-14)11-13-3-1-2-4-15-16(19-20-17(13)15)9-10-24(21,22)23/h5-10,13H,1-4,11H2,(H,19,20)(H,21,22,23). The Kier molecular flexibility index (Phi) is 4.82. The maximum absolute atomic E-state index is 13.1. The summed E-state index contributed by atoms with van der Waals surface area (Å²) in [6.07, 6.45) is 5.97. The van der Waals surface area contributed by atoms with E-state index in [1.807, 2.05) is 0 Å². The van der Waals surface area contributed by atoms with Crippen LogP contribution in [-0.2, 0) is 23.0 Å². The van der Waals surface area contributed by atoms with Crippen molar-refractivity contribution in [1.82, 2.24) is 10.2 Å². The Morgan fingerprint density at radius 1 is 1.29 bits per heavy atom. The van der Waals surface area contributed by atoms with E-state index in [1.54, 1.807) is 12.1 Å². The van der Waals surface area contributed by atoms with Crippen molar-refractivity contribution in [2.75, 3.05) is 0 Å². The fourth-order valence-electron chi connectivity index (χ4n) is 3.23. The number of nitrogens with zero attached hydrogens (tertiary/aromatic N) is 1. The summed E-state index contributed by atoms with van der Waals surface area (Å²) in [4.78, 5) is 0. The summed E-state index contributed by atoms with van der Waals surface area (Å²) in [5.74, 6) is -0.0205. The predicted molar refractivity (Wildman–Crippen MR) is 89.6 cm³/mol. The Morgan fingerprint density at radius 2 is 2.04 bits per heavy atom. The number of aromatic nitrogens is 2. The van der Waals surface area contributed by atoms with Crippen molar-refractivity contribution in [2.24, 2.45) is 0 Å². The molecule has 0 saturated carbocycles. The van der Waals surface area contributed by atoms with Crippen LogP contribution in [0.5, 0.6) is 0 Å². The quantitative estimate of drug-likeness (QED) is 0.653. The summed E-state index contributed by atoms with van der Waals surface area (Å²) in [5, 5.41) is 7.99. The molecule has 0 aliphatic heterocycles. The highest BCUT2D eigenvalue weighted by atomic mass is 32.2. The molecule has 0 bridgehead atoms. The molecule has 1 atom stereocenters. The fourth-order valence-corrected chi connectivity index (χ4v) is 3.53. The van der Waals surface area contributed by atoms with Crippen LogP contribution in [-0.4, -0.2) is 23.2 Å². The van der Waals surface area contributed by atoms with Gasteiger partial charge in [-0.15, -0.1) is 0 Å². The van der Waals surface area contributed by atoms with Crippen LogP contribution in [0.1, 0.15) is 47.7 Å². The van der Waals surface area contributed by atoms with Crippen molar-refractivity contribution in [2.45, 2.75) is 38.0 Å². The molecule has 5 nitrogen and oxygen atoms in total. The van der Waals surface area contributed by atoms with E-state index in [2.05, 4.69) is 10.2 Å². The van der Waals surface area contributed by atoms with E-state index < -0.39 is 10.1 Å². The molecule has 1 unspecified atom stereocenters. The number of nitrogens with one attached hydrogen (secondary N) is 1. The monoisotopic (exact) mass is 350 g/mol. The molecule has 1 aromatic heterocycles. The van der Waals surface area contributed by atoms with E-state index >= 15 is 0 Å². The second kappa shape index (κ2) is 6.86. The van der Waals surface area contributed by atoms with Gasteiger partial charge in [0, 0.05) is 17.2 Å². The van der Waals surface area contributed by atoms with Crippen LogP contribution in [0.2, 0.25) is 0 Å². The largest absolute Gasteiger partial charge is 0.287 e. The van der Waals surface area contributed by atoms with Gasteiger partial charge in [-0.3, -0.25) is 9.65 Å². The molecule has 1 heterocycles. The first-order valence-corrected chi connectivity index (χ1v) is 9.40. The van der Waals surface area contributed by atoms with Gasteiger partial charge in [0.2, 0.25) is 0 Å². The highest BCUT2D eigenvalue weighted by Gasteiger charge is 2.23. The smallest absolute Gasteiger partial charge is 0.282 e. The van der Waals surface area contributed by atoms with Crippen molar-refractivity contribution >= 4 is 16.2 Å². The lowest BCUT2D eigenvalue weighted by Gasteiger charge is -2.14. The zero-order valence-electron chi connectivity index (χ0n) is 13.1. The lowest BCUT2D eigenvalue weighted by molar-refractivity contribution is 0.494. The van der Waals surface area contributed by atoms with Gasteiger partial charge in [-0.25, -0.2) is 4.39 Å². The minimum atomic E-state index is -4.17. The topological polar surface area (TPSA) is 83.1 Å². The molecule has 24 heavy (non-hydrogen) atoms. The fraction of sp³-hybridized carbons (Fsp3) is 0.353. The Hall–Kier alpha value is -1.99. The molecular formula is C17H19FN2O3S. The van der Waals surface area contributed by atoms with Crippen molar-refractivity contribution in [3.63, 3.8) is 0 Å². The van der Waals surface area contributed by atoms with Gasteiger partial charge >= 0.3 is 0 Å². The third-order valence-corrected chi connectivity index (χ3v) is 4.84. The summed E-state index contributed by atoms with van der Waals surface area (Å²) in [5.41, 5.74) is 3.61. The summed E-state index contributed by atoms with van der Waals surface area (Å²) in [6.45, 7) is 0. The van der Waals surface area contributed by atoms with Crippen LogP contribution < -0.4 is 0 Å². The maximum atomic E-state index is 13.1. The number of benzene rings is 1. The molecule has 0 saturated heterocycles. The molecule has 128 valence electrons. The first-order chi connectivity index (χ1) is 11.4. The summed E-state index contributed by atoms with van der Waals surface area (Å²) >= 11 is 0. The van der Waals surface area contributed by atoms with E-state index in [0.717, 1.165) is 54.3 Å². The number of hydrogen-bond acceptors (Lipinski definition) is 3. The molecule has 0 amide bonds. The first kappa shape index (κ1) is 16.9. The molecule has 0 spiro atoms. The molecule has 3 rings (SSSR count). The van der Waals surface area contributed by atoms with Gasteiger partial charge in [0.05, 0.1) is 11.1 Å². The van der Waals surface area contributed by atoms with Crippen LogP contribution in [0.4, 0.5) is 4.39 Å². The lowest BCUT2D eigenvalue weighted by Crippen LogP contribution is -2.04. The molecular weight excluding hydrogens is 331 g/mol. The van der Waals surface area contributed by atoms with Crippen LogP contribution in [0.25, 0.3) is 6.08 Å². The van der Waals surface area contributed by atoms with Crippen LogP contribution >= 0.6 is 0 Å². The Labute approximate surface area is 140 Å². The molecule has 2 aromatic rings. The third kappa shape index (κ3) is 4.10. The zero-order valence-corrected chi connectivity index (χ0v) is 13.9. The number of halogens is 1. The SMILES string of the molecule is O=S(=O)(O)C=Cc1n[nH]c2c1CCCCC2Cc1ccc(F)cc1. The van der Waals surface area contributed by atoms with E-state index in [9.17, 15) is 12.8 Å². The second-order valence-electron chi connectivity index (χ2n) is 6.09. The lowest BCUT2D eigenvalue weighted by atomic mass is 9.91. The van der Waals surface area contributed by atoms with E-state index in [0.29, 0.717) is 5.69 Å². The molecule has 1 aliphatic carbocycles. The Balaban J connectivity index is 1.88. The Bertz CT molecular complexity index is 841. The van der Waals surface area contributed by atoms with Crippen molar-refractivity contribution in [1.29, 1.82) is 0 Å². The highest BCUT2D eigenvalue weighted by molar-refractivity contribution is 7.88. The molecule has 1 aliphatic rings. The van der Waals surface area contributed by atoms with Crippen LogP contribution in [0.3, 0.4) is 0 Å². The van der Waals surface area contributed by atoms with Crippen molar-refractivity contribution in [3.8, 4) is 0 Å². The number of rotatable bonds is 4. The number of hydrogen-bond donors (Lipinski definition) is 2. The summed E-state index contributed by atoms with van der Waals surface area (Å²) in [6, 6.07) is 6.49. The van der Waals surface area contributed by atoms with Gasteiger partial charge in [0.1, 0.15) is 5.82 Å². The van der Waals surface area contributed by atoms with Crippen LogP contribution in [0, 0.1) is 5.82 Å². The number of fused-ring (bicyclic) bond motifs is 1. The minimum absolute atomic E-state index is 0.230. The van der Waals surface area contributed by atoms with Crippen molar-refractivity contribution < 1.29 is 17.4 Å². The zero-order chi connectivity index (χ0) is 17.2. The minimum Gasteiger partial charge on any atom is -0.282 e. The summed E-state index contributed by atoms with van der Waals surface area (Å²) in [7, 11) is -4.17. The van der Waals surface area contributed by atoms with E-state index in [-0.39, 0.29) is 11.7 Å². The molecule has 0 fully saturated rings. The molecule has 0 radical (unpaired) electrons. The highest BCUT2D eigenvalue weighted by Crippen LogP contribution is 2.33. The van der Waals surface area contributed by atoms with E-state index in [1.165, 1.54) is 18.2 Å². The van der Waals surface area contributed by atoms with Gasteiger partial charge in [-0.2, -0.15) is 13.5 Å². The predicted octanol–water partition coefficient (Wildman–Crippen LogP) is 3.46. The van der Waals surface area contributed by atoms with Crippen LogP contribution in [0.15, 0.2) is 29.7 Å². The van der Waals surface area contributed by atoms with Gasteiger partial charge in [-0.1, -0.05) is 18.6 Å². The normalized spacial score (nSPS) is 18.5. The first-order valence-electron chi connectivity index (χ1n) is 7.89. The van der Waals surface area contributed by atoms with Gasteiger partial charge in [0.25, 0.3) is 10.1 Å². The number of aromatic amines is 1. The van der Waals surface area contributed by atoms with Gasteiger partial charge < -0.3 is 0 Å². The van der Waals surface area contributed by atoms with Gasteiger partial charge in [-0.05, 0) is 49.5 Å². The molecule has 7 heteroatoms. The summed E-state index contributed by atoms with van der Waals surface area (Å²) < 4.78 is 43.7. The molecule has 2 N–H and O–H groups in total. The maximum Gasteiger partial charge on any atom is 0.287 e. The number of H-pyrrole nitrogens is 1. The third-order valence-electron chi connectivity index (χ3n) is 4.36. The van der Waals surface area contributed by atoms with E-state index in [4.69, 9.17) is 4.55 Å². The molecule has 1 aromatic carbocycles. The average molecular weight is 350 g/mol. The second-order valence-corrected chi connectivity index (χ2v) is 7.39. The average Bonchev–Trinajstić information content (AvgIpc) is 2.82.